The SMILES string of the molecule is COC1CCC(C(O)C2CCCNC2)CC1. The van der Waals surface area contributed by atoms with Gasteiger partial charge in [0, 0.05) is 13.7 Å². The number of aliphatic hydroxyl groups excluding tert-OH is 1. The Balaban J connectivity index is 1.78. The summed E-state index contributed by atoms with van der Waals surface area (Å²) in [7, 11) is 1.80. The average molecular weight is 227 g/mol. The van der Waals surface area contributed by atoms with Gasteiger partial charge in [0.25, 0.3) is 0 Å². The van der Waals surface area contributed by atoms with E-state index in [0.29, 0.717) is 17.9 Å². The van der Waals surface area contributed by atoms with Gasteiger partial charge in [-0.3, -0.25) is 0 Å². The summed E-state index contributed by atoms with van der Waals surface area (Å²) in [6.07, 6.45) is 7.27. The van der Waals surface area contributed by atoms with Crippen molar-refractivity contribution < 1.29 is 9.84 Å². The van der Waals surface area contributed by atoms with E-state index in [1.165, 1.54) is 12.8 Å². The molecule has 0 amide bonds. The maximum Gasteiger partial charge on any atom is 0.0608 e. The van der Waals surface area contributed by atoms with Gasteiger partial charge in [-0.1, -0.05) is 0 Å². The highest BCUT2D eigenvalue weighted by atomic mass is 16.5. The molecule has 1 heterocycles. The van der Waals surface area contributed by atoms with Gasteiger partial charge in [0.2, 0.25) is 0 Å². The van der Waals surface area contributed by atoms with E-state index in [1.54, 1.807) is 7.11 Å². The monoisotopic (exact) mass is 227 g/mol. The lowest BCUT2D eigenvalue weighted by Crippen LogP contribution is -2.41. The Labute approximate surface area is 98.6 Å². The molecule has 2 atom stereocenters. The van der Waals surface area contributed by atoms with Crippen molar-refractivity contribution in [1.29, 1.82) is 0 Å². The van der Waals surface area contributed by atoms with Crippen LogP contribution in [0, 0.1) is 11.8 Å². The second kappa shape index (κ2) is 5.99. The molecule has 0 aromatic rings. The van der Waals surface area contributed by atoms with Gasteiger partial charge in [0.1, 0.15) is 0 Å². The molecule has 0 aromatic carbocycles. The number of nitrogens with one attached hydrogen (secondary N) is 1. The van der Waals surface area contributed by atoms with Crippen LogP contribution in [0.3, 0.4) is 0 Å². The number of methoxy groups -OCH3 is 1. The van der Waals surface area contributed by atoms with Gasteiger partial charge < -0.3 is 15.2 Å². The summed E-state index contributed by atoms with van der Waals surface area (Å²) in [4.78, 5) is 0. The van der Waals surface area contributed by atoms with Gasteiger partial charge in [-0.05, 0) is 56.9 Å². The zero-order valence-corrected chi connectivity index (χ0v) is 10.3. The number of hydrogen-bond acceptors (Lipinski definition) is 3. The van der Waals surface area contributed by atoms with Crippen LogP contribution in [-0.4, -0.2) is 37.5 Å². The van der Waals surface area contributed by atoms with Crippen LogP contribution in [0.2, 0.25) is 0 Å². The second-order valence-electron chi connectivity index (χ2n) is 5.37. The fraction of sp³-hybridized carbons (Fsp3) is 1.00. The Kier molecular flexibility index (Phi) is 4.62. The van der Waals surface area contributed by atoms with Gasteiger partial charge in [0.05, 0.1) is 12.2 Å². The Hall–Kier alpha value is -0.120. The third-order valence-electron chi connectivity index (χ3n) is 4.35. The first-order valence-corrected chi connectivity index (χ1v) is 6.73. The molecule has 1 aliphatic carbocycles. The molecule has 2 N–H and O–H groups in total. The van der Waals surface area contributed by atoms with Crippen LogP contribution in [0.1, 0.15) is 38.5 Å². The largest absolute Gasteiger partial charge is 0.393 e. The van der Waals surface area contributed by atoms with Gasteiger partial charge in [-0.25, -0.2) is 0 Å². The maximum atomic E-state index is 10.4. The van der Waals surface area contributed by atoms with Crippen LogP contribution in [0.5, 0.6) is 0 Å². The fourth-order valence-electron chi connectivity index (χ4n) is 3.22. The molecular formula is C13H25NO2. The lowest BCUT2D eigenvalue weighted by atomic mass is 9.77. The Morgan fingerprint density at radius 1 is 1.12 bits per heavy atom. The minimum Gasteiger partial charge on any atom is -0.393 e. The first-order chi connectivity index (χ1) is 7.81. The van der Waals surface area contributed by atoms with E-state index >= 15 is 0 Å². The van der Waals surface area contributed by atoms with Crippen molar-refractivity contribution >= 4 is 0 Å². The van der Waals surface area contributed by atoms with E-state index < -0.39 is 0 Å². The highest BCUT2D eigenvalue weighted by Gasteiger charge is 2.31. The van der Waals surface area contributed by atoms with Gasteiger partial charge in [-0.2, -0.15) is 0 Å². The smallest absolute Gasteiger partial charge is 0.0608 e. The number of rotatable bonds is 3. The average Bonchev–Trinajstić information content (AvgIpc) is 2.39. The van der Waals surface area contributed by atoms with Crippen molar-refractivity contribution in [2.45, 2.75) is 50.7 Å². The van der Waals surface area contributed by atoms with E-state index in [9.17, 15) is 5.11 Å². The molecular weight excluding hydrogens is 202 g/mol. The van der Waals surface area contributed by atoms with E-state index in [1.807, 2.05) is 0 Å². The zero-order chi connectivity index (χ0) is 11.4. The van der Waals surface area contributed by atoms with Crippen LogP contribution in [0.15, 0.2) is 0 Å². The van der Waals surface area contributed by atoms with Gasteiger partial charge >= 0.3 is 0 Å². The van der Waals surface area contributed by atoms with Gasteiger partial charge in [0.15, 0.2) is 0 Å². The first-order valence-electron chi connectivity index (χ1n) is 6.73. The Morgan fingerprint density at radius 3 is 2.44 bits per heavy atom. The van der Waals surface area contributed by atoms with Crippen LogP contribution in [0.25, 0.3) is 0 Å². The summed E-state index contributed by atoms with van der Waals surface area (Å²) in [6, 6.07) is 0. The maximum absolute atomic E-state index is 10.4. The predicted octanol–water partition coefficient (Wildman–Crippen LogP) is 1.55. The predicted molar refractivity (Wildman–Crippen MR) is 64.4 cm³/mol. The zero-order valence-electron chi connectivity index (χ0n) is 10.3. The molecule has 2 fully saturated rings. The molecule has 3 nitrogen and oxygen atoms in total. The van der Waals surface area contributed by atoms with Crippen LogP contribution < -0.4 is 5.32 Å². The van der Waals surface area contributed by atoms with Crippen molar-refractivity contribution in [2.75, 3.05) is 20.2 Å². The van der Waals surface area contributed by atoms with Crippen molar-refractivity contribution in [3.05, 3.63) is 0 Å². The number of ether oxygens (including phenoxy) is 1. The molecule has 3 heteroatoms. The van der Waals surface area contributed by atoms with E-state index in [0.717, 1.165) is 38.8 Å². The molecule has 2 rings (SSSR count). The highest BCUT2D eigenvalue weighted by molar-refractivity contribution is 4.84. The normalized spacial score (nSPS) is 38.2. The molecule has 0 aromatic heterocycles. The summed E-state index contributed by atoms with van der Waals surface area (Å²) in [5, 5.41) is 13.8. The second-order valence-corrected chi connectivity index (χ2v) is 5.37. The molecule has 0 bridgehead atoms. The van der Waals surface area contributed by atoms with Crippen molar-refractivity contribution in [3.63, 3.8) is 0 Å². The number of piperidine rings is 1. The summed E-state index contributed by atoms with van der Waals surface area (Å²) in [5.41, 5.74) is 0. The summed E-state index contributed by atoms with van der Waals surface area (Å²) in [6.45, 7) is 2.13. The summed E-state index contributed by atoms with van der Waals surface area (Å²) >= 11 is 0. The molecule has 16 heavy (non-hydrogen) atoms. The highest BCUT2D eigenvalue weighted by Crippen LogP contribution is 2.32. The summed E-state index contributed by atoms with van der Waals surface area (Å²) < 4.78 is 5.37. The fourth-order valence-corrected chi connectivity index (χ4v) is 3.22. The molecule has 1 saturated heterocycles. The van der Waals surface area contributed by atoms with Gasteiger partial charge in [-0.15, -0.1) is 0 Å². The Morgan fingerprint density at radius 2 is 1.88 bits per heavy atom. The molecule has 1 aliphatic heterocycles. The van der Waals surface area contributed by atoms with Crippen LogP contribution in [0.4, 0.5) is 0 Å². The molecule has 94 valence electrons. The van der Waals surface area contributed by atoms with E-state index in [2.05, 4.69) is 5.32 Å². The summed E-state index contributed by atoms with van der Waals surface area (Å²) in [5.74, 6) is 0.995. The van der Waals surface area contributed by atoms with Crippen molar-refractivity contribution in [3.8, 4) is 0 Å². The minimum atomic E-state index is -0.0920. The Bertz CT molecular complexity index is 196. The topological polar surface area (TPSA) is 41.5 Å². The first kappa shape index (κ1) is 12.3. The van der Waals surface area contributed by atoms with Crippen LogP contribution >= 0.6 is 0 Å². The molecule has 2 aliphatic rings. The molecule has 2 unspecified atom stereocenters. The molecule has 0 spiro atoms. The van der Waals surface area contributed by atoms with E-state index in [4.69, 9.17) is 4.74 Å². The quantitative estimate of drug-likeness (QED) is 0.768. The third-order valence-corrected chi connectivity index (χ3v) is 4.35. The molecule has 0 radical (unpaired) electrons. The lowest BCUT2D eigenvalue weighted by molar-refractivity contribution is -0.00927. The van der Waals surface area contributed by atoms with E-state index in [-0.39, 0.29) is 6.10 Å². The van der Waals surface area contributed by atoms with Crippen molar-refractivity contribution in [1.82, 2.24) is 5.32 Å². The minimum absolute atomic E-state index is 0.0920. The number of aliphatic hydroxyl groups is 1. The standard InChI is InChI=1S/C13H25NO2/c1-16-12-6-4-10(5-7-12)13(15)11-3-2-8-14-9-11/h10-15H,2-9H2,1H3. The molecule has 1 saturated carbocycles. The van der Waals surface area contributed by atoms with Crippen molar-refractivity contribution in [2.24, 2.45) is 11.8 Å². The van der Waals surface area contributed by atoms with Crippen LogP contribution in [-0.2, 0) is 4.74 Å². The lowest BCUT2D eigenvalue weighted by Gasteiger charge is -2.36. The number of hydrogen-bond donors (Lipinski definition) is 2. The third kappa shape index (κ3) is 2.96.